The molecule has 0 N–H and O–H groups in total. The minimum absolute atomic E-state index is 0.112. The van der Waals surface area contributed by atoms with Gasteiger partial charge in [0.2, 0.25) is 0 Å². The van der Waals surface area contributed by atoms with Crippen molar-refractivity contribution >= 4 is 11.9 Å². The molecule has 7 heteroatoms. The van der Waals surface area contributed by atoms with E-state index >= 15 is 0 Å². The predicted molar refractivity (Wildman–Crippen MR) is 97.3 cm³/mol. The first kappa shape index (κ1) is 18.8. The first-order valence-corrected chi connectivity index (χ1v) is 8.67. The Kier molecular flexibility index (Phi) is 6.03. The molecule has 1 aliphatic rings. The van der Waals surface area contributed by atoms with Crippen LogP contribution in [0.1, 0.15) is 22.5 Å². The summed E-state index contributed by atoms with van der Waals surface area (Å²) in [6.45, 7) is 1.09. The number of carbonyl (C=O) groups is 2. The second-order valence-corrected chi connectivity index (χ2v) is 6.30. The zero-order valence-corrected chi connectivity index (χ0v) is 15.3. The Labute approximate surface area is 157 Å². The van der Waals surface area contributed by atoms with Crippen molar-refractivity contribution in [3.8, 4) is 5.75 Å². The van der Waals surface area contributed by atoms with E-state index in [0.29, 0.717) is 19.5 Å². The summed E-state index contributed by atoms with van der Waals surface area (Å²) in [6, 6.07) is 12.6. The highest BCUT2D eigenvalue weighted by Gasteiger charge is 2.38. The SMILES string of the molecule is COC(=O)c1ccc(CN2C[C@@H](Oc3ccccc3)C[C@H]2C(=O)OC)cn1. The Balaban J connectivity index is 1.69. The van der Waals surface area contributed by atoms with Crippen LogP contribution in [0, 0.1) is 0 Å². The third-order valence-corrected chi connectivity index (χ3v) is 4.49. The van der Waals surface area contributed by atoms with Gasteiger partial charge in [0.05, 0.1) is 14.2 Å². The van der Waals surface area contributed by atoms with Crippen LogP contribution >= 0.6 is 0 Å². The average Bonchev–Trinajstić information content (AvgIpc) is 3.10. The molecule has 2 atom stereocenters. The van der Waals surface area contributed by atoms with Gasteiger partial charge in [0.1, 0.15) is 23.6 Å². The number of methoxy groups -OCH3 is 2. The van der Waals surface area contributed by atoms with Gasteiger partial charge in [-0.2, -0.15) is 0 Å². The first-order valence-electron chi connectivity index (χ1n) is 8.67. The molecule has 0 amide bonds. The Morgan fingerprint density at radius 3 is 2.52 bits per heavy atom. The van der Waals surface area contributed by atoms with E-state index < -0.39 is 5.97 Å². The molecule has 1 fully saturated rings. The minimum atomic E-state index is -0.480. The lowest BCUT2D eigenvalue weighted by Gasteiger charge is -2.21. The molecule has 0 bridgehead atoms. The van der Waals surface area contributed by atoms with E-state index in [1.807, 2.05) is 35.2 Å². The third-order valence-electron chi connectivity index (χ3n) is 4.49. The molecule has 0 unspecified atom stereocenters. The van der Waals surface area contributed by atoms with E-state index in [-0.39, 0.29) is 23.8 Å². The number of hydrogen-bond donors (Lipinski definition) is 0. The summed E-state index contributed by atoms with van der Waals surface area (Å²) in [4.78, 5) is 29.8. The quantitative estimate of drug-likeness (QED) is 0.720. The fourth-order valence-electron chi connectivity index (χ4n) is 3.17. The minimum Gasteiger partial charge on any atom is -0.489 e. The zero-order chi connectivity index (χ0) is 19.2. The smallest absolute Gasteiger partial charge is 0.356 e. The molecule has 1 aromatic heterocycles. The predicted octanol–water partition coefficient (Wildman–Crippen LogP) is 2.06. The van der Waals surface area contributed by atoms with Crippen molar-refractivity contribution < 1.29 is 23.8 Å². The van der Waals surface area contributed by atoms with E-state index in [2.05, 4.69) is 9.72 Å². The van der Waals surface area contributed by atoms with Gasteiger partial charge in [0, 0.05) is 25.7 Å². The summed E-state index contributed by atoms with van der Waals surface area (Å²) in [5.41, 5.74) is 1.13. The van der Waals surface area contributed by atoms with Crippen LogP contribution in [0.25, 0.3) is 0 Å². The lowest BCUT2D eigenvalue weighted by atomic mass is 10.2. The van der Waals surface area contributed by atoms with E-state index in [0.717, 1.165) is 11.3 Å². The molecule has 1 saturated heterocycles. The molecule has 1 aromatic carbocycles. The first-order chi connectivity index (χ1) is 13.1. The van der Waals surface area contributed by atoms with Crippen molar-refractivity contribution in [2.75, 3.05) is 20.8 Å². The highest BCUT2D eigenvalue weighted by molar-refractivity contribution is 5.87. The molecule has 0 saturated carbocycles. The molecule has 0 spiro atoms. The zero-order valence-electron chi connectivity index (χ0n) is 15.3. The highest BCUT2D eigenvalue weighted by Crippen LogP contribution is 2.25. The normalized spacial score (nSPS) is 19.5. The van der Waals surface area contributed by atoms with Gasteiger partial charge in [-0.25, -0.2) is 9.78 Å². The number of nitrogens with zero attached hydrogens (tertiary/aromatic N) is 2. The maximum Gasteiger partial charge on any atom is 0.356 e. The van der Waals surface area contributed by atoms with Gasteiger partial charge in [-0.15, -0.1) is 0 Å². The van der Waals surface area contributed by atoms with Crippen LogP contribution in [0.3, 0.4) is 0 Å². The number of aromatic nitrogens is 1. The molecule has 7 nitrogen and oxygen atoms in total. The number of benzene rings is 1. The molecule has 2 aromatic rings. The Morgan fingerprint density at radius 1 is 1.11 bits per heavy atom. The second kappa shape index (κ2) is 8.64. The van der Waals surface area contributed by atoms with Crippen LogP contribution in [-0.2, 0) is 20.8 Å². The number of pyridine rings is 1. The fourth-order valence-corrected chi connectivity index (χ4v) is 3.17. The monoisotopic (exact) mass is 370 g/mol. The molecule has 0 radical (unpaired) electrons. The number of hydrogen-bond acceptors (Lipinski definition) is 7. The van der Waals surface area contributed by atoms with Crippen molar-refractivity contribution in [2.45, 2.75) is 25.1 Å². The maximum atomic E-state index is 12.2. The molecule has 1 aliphatic heterocycles. The van der Waals surface area contributed by atoms with Crippen LogP contribution in [0.2, 0.25) is 0 Å². The van der Waals surface area contributed by atoms with Crippen molar-refractivity contribution in [3.05, 3.63) is 59.9 Å². The molecule has 142 valence electrons. The van der Waals surface area contributed by atoms with Crippen LogP contribution in [0.15, 0.2) is 48.7 Å². The molecule has 27 heavy (non-hydrogen) atoms. The molecule has 2 heterocycles. The van der Waals surface area contributed by atoms with Crippen molar-refractivity contribution in [2.24, 2.45) is 0 Å². The number of ether oxygens (including phenoxy) is 3. The summed E-state index contributed by atoms with van der Waals surface area (Å²) in [7, 11) is 2.70. The van der Waals surface area contributed by atoms with Crippen molar-refractivity contribution in [1.82, 2.24) is 9.88 Å². The maximum absolute atomic E-state index is 12.2. The molecule has 3 rings (SSSR count). The largest absolute Gasteiger partial charge is 0.489 e. The van der Waals surface area contributed by atoms with Gasteiger partial charge < -0.3 is 14.2 Å². The van der Waals surface area contributed by atoms with Gasteiger partial charge in [-0.1, -0.05) is 24.3 Å². The third kappa shape index (κ3) is 4.62. The topological polar surface area (TPSA) is 78.0 Å². The van der Waals surface area contributed by atoms with Gasteiger partial charge in [-0.3, -0.25) is 9.69 Å². The number of esters is 2. The van der Waals surface area contributed by atoms with Crippen LogP contribution in [-0.4, -0.2) is 54.7 Å². The number of para-hydroxylation sites is 1. The van der Waals surface area contributed by atoms with Gasteiger partial charge in [0.15, 0.2) is 0 Å². The molecule has 0 aliphatic carbocycles. The fraction of sp³-hybridized carbons (Fsp3) is 0.350. The Hall–Kier alpha value is -2.93. The summed E-state index contributed by atoms with van der Waals surface area (Å²) in [5.74, 6) is 0.0110. The summed E-state index contributed by atoms with van der Waals surface area (Å²) >= 11 is 0. The number of likely N-dealkylation sites (tertiary alicyclic amines) is 1. The standard InChI is InChI=1S/C20H22N2O5/c1-25-19(23)17-9-8-14(11-21-17)12-22-13-16(10-18(22)20(24)26-2)27-15-6-4-3-5-7-15/h3-9,11,16,18H,10,12-13H2,1-2H3/t16-,18-/m0/s1. The van der Waals surface area contributed by atoms with Gasteiger partial charge in [0.25, 0.3) is 0 Å². The summed E-state index contributed by atoms with van der Waals surface area (Å²) < 4.78 is 15.6. The second-order valence-electron chi connectivity index (χ2n) is 6.30. The average molecular weight is 370 g/mol. The number of rotatable bonds is 6. The lowest BCUT2D eigenvalue weighted by Crippen LogP contribution is -2.36. The van der Waals surface area contributed by atoms with Crippen molar-refractivity contribution in [1.29, 1.82) is 0 Å². The number of carbonyl (C=O) groups excluding carboxylic acids is 2. The summed E-state index contributed by atoms with van der Waals surface area (Å²) in [5, 5.41) is 0. The van der Waals surface area contributed by atoms with E-state index in [9.17, 15) is 9.59 Å². The van der Waals surface area contributed by atoms with Gasteiger partial charge in [-0.05, 0) is 23.8 Å². The Bertz CT molecular complexity index is 779. The summed E-state index contributed by atoms with van der Waals surface area (Å²) in [6.07, 6.45) is 2.06. The molecular formula is C20H22N2O5. The van der Waals surface area contributed by atoms with Crippen molar-refractivity contribution in [3.63, 3.8) is 0 Å². The highest BCUT2D eigenvalue weighted by atomic mass is 16.5. The molecular weight excluding hydrogens is 348 g/mol. The van der Waals surface area contributed by atoms with Crippen LogP contribution in [0.4, 0.5) is 0 Å². The van der Waals surface area contributed by atoms with E-state index in [1.165, 1.54) is 14.2 Å². The van der Waals surface area contributed by atoms with E-state index in [4.69, 9.17) is 9.47 Å². The van der Waals surface area contributed by atoms with Crippen LogP contribution < -0.4 is 4.74 Å². The van der Waals surface area contributed by atoms with E-state index in [1.54, 1.807) is 18.3 Å². The van der Waals surface area contributed by atoms with Gasteiger partial charge >= 0.3 is 11.9 Å². The lowest BCUT2D eigenvalue weighted by molar-refractivity contribution is -0.146. The Morgan fingerprint density at radius 2 is 1.89 bits per heavy atom. The van der Waals surface area contributed by atoms with Crippen LogP contribution in [0.5, 0.6) is 5.75 Å².